The Balaban J connectivity index is -0.0000000755. The molecular formula is C10H13MnO4-. The average molecular weight is 252 g/mol. The number of hydrogen-bond donors (Lipinski definition) is 0. The van der Waals surface area contributed by atoms with Gasteiger partial charge in [-0.25, -0.2) is 6.08 Å². The van der Waals surface area contributed by atoms with E-state index < -0.39 is 0 Å². The van der Waals surface area contributed by atoms with Crippen molar-refractivity contribution in [3.8, 4) is 0 Å². The van der Waals surface area contributed by atoms with Crippen LogP contribution in [0.25, 0.3) is 0 Å². The van der Waals surface area contributed by atoms with Crippen molar-refractivity contribution in [1.82, 2.24) is 0 Å². The molecule has 0 aliphatic heterocycles. The molecule has 5 heteroatoms. The molecule has 0 bridgehead atoms. The van der Waals surface area contributed by atoms with E-state index in [0.29, 0.717) is 0 Å². The minimum atomic E-state index is 0. The van der Waals surface area contributed by atoms with Gasteiger partial charge in [0.1, 0.15) is 20.4 Å². The number of allylic oxidation sites excluding steroid dienone is 3. The Kier molecular flexibility index (Phi) is 45.8. The molecular weight excluding hydrogens is 239 g/mol. The fourth-order valence-corrected chi connectivity index (χ4v) is 0.555. The summed E-state index contributed by atoms with van der Waals surface area (Å²) in [5, 5.41) is 0. The minimum Gasteiger partial charge on any atom is -0.504 e. The van der Waals surface area contributed by atoms with Gasteiger partial charge < -0.3 is 19.1 Å². The zero-order valence-corrected chi connectivity index (χ0v) is 9.46. The molecule has 0 aromatic carbocycles. The van der Waals surface area contributed by atoms with Gasteiger partial charge in [-0.1, -0.05) is 6.58 Å². The Labute approximate surface area is 100 Å². The van der Waals surface area contributed by atoms with Crippen LogP contribution in [0, 0.1) is 6.08 Å². The maximum absolute atomic E-state index is 8.00. The molecule has 0 amide bonds. The zero-order valence-electron chi connectivity index (χ0n) is 8.28. The van der Waals surface area contributed by atoms with Crippen molar-refractivity contribution in [2.24, 2.45) is 0 Å². The fraction of sp³-hybridized carbons (Fsp3) is 0.100. The normalized spacial score (nSPS) is 9.20. The first kappa shape index (κ1) is 23.4. The summed E-state index contributed by atoms with van der Waals surface area (Å²) in [5.74, 6) is 0.778. The predicted octanol–water partition coefficient (Wildman–Crippen LogP) is 1.24. The third-order valence-corrected chi connectivity index (χ3v) is 0.874. The summed E-state index contributed by atoms with van der Waals surface area (Å²) in [5.41, 5.74) is 0. The van der Waals surface area contributed by atoms with Crippen LogP contribution in [0.3, 0.4) is 0 Å². The third kappa shape index (κ3) is 19.1. The van der Waals surface area contributed by atoms with Crippen LogP contribution in [0.2, 0.25) is 0 Å². The Hall–Kier alpha value is -1.45. The molecule has 0 atom stereocenters. The number of carbonyl (C=O) groups is 3. The van der Waals surface area contributed by atoms with E-state index in [0.717, 1.165) is 12.2 Å². The van der Waals surface area contributed by atoms with Gasteiger partial charge in [-0.15, -0.1) is 6.42 Å². The summed E-state index contributed by atoms with van der Waals surface area (Å²) in [6, 6.07) is 0. The molecule has 0 saturated heterocycles. The quantitative estimate of drug-likeness (QED) is 0.421. The van der Waals surface area contributed by atoms with E-state index >= 15 is 0 Å². The van der Waals surface area contributed by atoms with Crippen LogP contribution in [0.1, 0.15) is 6.42 Å². The van der Waals surface area contributed by atoms with E-state index in [9.17, 15) is 0 Å². The van der Waals surface area contributed by atoms with Crippen molar-refractivity contribution in [2.45, 2.75) is 6.42 Å². The molecule has 0 unspecified atom stereocenters. The van der Waals surface area contributed by atoms with Crippen LogP contribution in [0.15, 0.2) is 30.8 Å². The number of ether oxygens (including phenoxy) is 1. The standard InChI is InChI=1S/C7H7O.3CH2O.Mn/c1-2-8-7-5-3-4-6-7;3*1-2;/h2-3,5H,1,4H2;3*1H2;/q-1;;;;. The Morgan fingerprint density at radius 1 is 1.20 bits per heavy atom. The van der Waals surface area contributed by atoms with Gasteiger partial charge in [0.25, 0.3) is 0 Å². The molecule has 1 rings (SSSR count). The van der Waals surface area contributed by atoms with E-state index in [2.05, 4.69) is 12.7 Å². The molecule has 85 valence electrons. The molecule has 15 heavy (non-hydrogen) atoms. The molecule has 0 saturated carbocycles. The number of carbonyl (C=O) groups excluding carboxylic acids is 3. The maximum Gasteiger partial charge on any atom is 0.106 e. The molecule has 1 aliphatic carbocycles. The van der Waals surface area contributed by atoms with Crippen molar-refractivity contribution < 1.29 is 36.2 Å². The van der Waals surface area contributed by atoms with Gasteiger partial charge in [-0.2, -0.15) is 12.2 Å². The second kappa shape index (κ2) is 29.4. The smallest absolute Gasteiger partial charge is 0.106 e. The average Bonchev–Trinajstić information content (AvgIpc) is 2.80. The molecule has 0 fully saturated rings. The molecule has 0 spiro atoms. The largest absolute Gasteiger partial charge is 0.504 e. The molecule has 0 aromatic rings. The van der Waals surface area contributed by atoms with E-state index in [1.165, 1.54) is 6.26 Å². The van der Waals surface area contributed by atoms with E-state index in [1.807, 2.05) is 32.5 Å². The van der Waals surface area contributed by atoms with Gasteiger partial charge in [-0.05, 0) is 5.76 Å². The predicted molar refractivity (Wildman–Crippen MR) is 53.2 cm³/mol. The summed E-state index contributed by atoms with van der Waals surface area (Å²) in [6.45, 7) is 9.41. The van der Waals surface area contributed by atoms with E-state index in [-0.39, 0.29) is 17.1 Å². The van der Waals surface area contributed by atoms with E-state index in [4.69, 9.17) is 19.1 Å². The second-order valence-electron chi connectivity index (χ2n) is 1.43. The van der Waals surface area contributed by atoms with Gasteiger partial charge in [0, 0.05) is 17.1 Å². The first-order chi connectivity index (χ1) is 6.93. The second-order valence-corrected chi connectivity index (χ2v) is 1.43. The summed E-state index contributed by atoms with van der Waals surface area (Å²) in [7, 11) is 0. The summed E-state index contributed by atoms with van der Waals surface area (Å²) in [4.78, 5) is 24.0. The molecule has 1 radical (unpaired) electrons. The maximum atomic E-state index is 8.00. The molecule has 0 heterocycles. The van der Waals surface area contributed by atoms with Crippen molar-refractivity contribution in [1.29, 1.82) is 0 Å². The van der Waals surface area contributed by atoms with Gasteiger partial charge in [0.15, 0.2) is 0 Å². The van der Waals surface area contributed by atoms with Crippen molar-refractivity contribution in [2.75, 3.05) is 0 Å². The number of hydrogen-bond acceptors (Lipinski definition) is 4. The van der Waals surface area contributed by atoms with Gasteiger partial charge in [0.2, 0.25) is 0 Å². The summed E-state index contributed by atoms with van der Waals surface area (Å²) >= 11 is 0. The number of rotatable bonds is 2. The van der Waals surface area contributed by atoms with Crippen molar-refractivity contribution >= 4 is 20.4 Å². The Morgan fingerprint density at radius 3 is 1.93 bits per heavy atom. The van der Waals surface area contributed by atoms with E-state index in [1.54, 1.807) is 0 Å². The van der Waals surface area contributed by atoms with Gasteiger partial charge in [-0.3, -0.25) is 0 Å². The summed E-state index contributed by atoms with van der Waals surface area (Å²) < 4.78 is 4.89. The molecule has 0 aromatic heterocycles. The molecule has 4 nitrogen and oxygen atoms in total. The first-order valence-electron chi connectivity index (χ1n) is 3.35. The fourth-order valence-electron chi connectivity index (χ4n) is 0.555. The van der Waals surface area contributed by atoms with Gasteiger partial charge in [0.05, 0.1) is 6.26 Å². The Morgan fingerprint density at radius 2 is 1.67 bits per heavy atom. The van der Waals surface area contributed by atoms with Crippen molar-refractivity contribution in [3.63, 3.8) is 0 Å². The molecule has 0 N–H and O–H groups in total. The van der Waals surface area contributed by atoms with Crippen LogP contribution in [-0.2, 0) is 36.2 Å². The van der Waals surface area contributed by atoms with Crippen molar-refractivity contribution in [3.05, 3.63) is 36.8 Å². The van der Waals surface area contributed by atoms with Crippen LogP contribution < -0.4 is 0 Å². The first-order valence-corrected chi connectivity index (χ1v) is 3.35. The third-order valence-electron chi connectivity index (χ3n) is 0.874. The summed E-state index contributed by atoms with van der Waals surface area (Å²) in [6.07, 6.45) is 9.10. The topological polar surface area (TPSA) is 60.4 Å². The zero-order chi connectivity index (χ0) is 11.8. The Bertz CT molecular complexity index is 185. The van der Waals surface area contributed by atoms with Crippen LogP contribution >= 0.6 is 0 Å². The monoisotopic (exact) mass is 252 g/mol. The van der Waals surface area contributed by atoms with Crippen LogP contribution in [0.4, 0.5) is 0 Å². The van der Waals surface area contributed by atoms with Crippen LogP contribution in [-0.4, -0.2) is 20.4 Å². The SMILES string of the molecule is C=COC1=[C-]CC=C1.C=O.C=O.C=O.[Mn]. The van der Waals surface area contributed by atoms with Gasteiger partial charge >= 0.3 is 0 Å². The molecule has 1 aliphatic rings. The van der Waals surface area contributed by atoms with Crippen LogP contribution in [0.5, 0.6) is 0 Å². The minimum absolute atomic E-state index is 0.